The van der Waals surface area contributed by atoms with E-state index in [-0.39, 0.29) is 31.1 Å². The van der Waals surface area contributed by atoms with E-state index in [4.69, 9.17) is 14.2 Å². The molecular formula is C62H120O6. The lowest BCUT2D eigenvalue weighted by Crippen LogP contribution is -2.30. The van der Waals surface area contributed by atoms with Gasteiger partial charge >= 0.3 is 17.9 Å². The summed E-state index contributed by atoms with van der Waals surface area (Å²) in [4.78, 5) is 38.2. The number of rotatable bonds is 56. The molecule has 2 atom stereocenters. The molecule has 0 spiro atoms. The highest BCUT2D eigenvalue weighted by atomic mass is 16.6. The predicted molar refractivity (Wildman–Crippen MR) is 293 cm³/mol. The molecule has 6 nitrogen and oxygen atoms in total. The van der Waals surface area contributed by atoms with Crippen LogP contribution in [0.25, 0.3) is 0 Å². The number of unbranched alkanes of at least 4 members (excludes halogenated alkanes) is 40. The van der Waals surface area contributed by atoms with Crippen LogP contribution >= 0.6 is 0 Å². The molecule has 0 aliphatic carbocycles. The second-order valence-corrected chi connectivity index (χ2v) is 22.1. The van der Waals surface area contributed by atoms with E-state index in [1.807, 2.05) is 0 Å². The van der Waals surface area contributed by atoms with Crippen LogP contribution in [0.15, 0.2) is 0 Å². The Balaban J connectivity index is 4.29. The van der Waals surface area contributed by atoms with Crippen LogP contribution in [0.2, 0.25) is 0 Å². The van der Waals surface area contributed by atoms with Gasteiger partial charge in [-0.25, -0.2) is 0 Å². The molecule has 0 radical (unpaired) electrons. The van der Waals surface area contributed by atoms with Crippen LogP contribution in [0.5, 0.6) is 0 Å². The summed E-state index contributed by atoms with van der Waals surface area (Å²) in [5, 5.41) is 0. The molecule has 68 heavy (non-hydrogen) atoms. The smallest absolute Gasteiger partial charge is 0.306 e. The van der Waals surface area contributed by atoms with Crippen LogP contribution in [-0.2, 0) is 28.6 Å². The number of carbonyl (C=O) groups is 3. The maximum atomic E-state index is 12.9. The van der Waals surface area contributed by atoms with E-state index in [2.05, 4.69) is 34.6 Å². The first-order valence-electron chi connectivity index (χ1n) is 30.8. The summed E-state index contributed by atoms with van der Waals surface area (Å²) >= 11 is 0. The zero-order valence-corrected chi connectivity index (χ0v) is 46.7. The molecule has 0 bridgehead atoms. The third kappa shape index (κ3) is 53.8. The number of esters is 3. The van der Waals surface area contributed by atoms with Crippen LogP contribution in [0.1, 0.15) is 349 Å². The zero-order valence-electron chi connectivity index (χ0n) is 46.7. The number of hydrogen-bond acceptors (Lipinski definition) is 6. The van der Waals surface area contributed by atoms with E-state index < -0.39 is 6.10 Å². The molecular weight excluding hydrogens is 841 g/mol. The average molecular weight is 962 g/mol. The van der Waals surface area contributed by atoms with Crippen LogP contribution in [0, 0.1) is 11.8 Å². The van der Waals surface area contributed by atoms with Gasteiger partial charge in [0.1, 0.15) is 13.2 Å². The first-order valence-corrected chi connectivity index (χ1v) is 30.8. The van der Waals surface area contributed by atoms with Gasteiger partial charge in [-0.1, -0.05) is 311 Å². The van der Waals surface area contributed by atoms with Gasteiger partial charge in [0.15, 0.2) is 6.10 Å². The molecule has 0 aromatic heterocycles. The van der Waals surface area contributed by atoms with Gasteiger partial charge in [0, 0.05) is 19.3 Å². The molecule has 1 unspecified atom stereocenters. The van der Waals surface area contributed by atoms with E-state index >= 15 is 0 Å². The second-order valence-electron chi connectivity index (χ2n) is 22.1. The van der Waals surface area contributed by atoms with Gasteiger partial charge in [-0.15, -0.1) is 0 Å². The Labute approximate surface area is 425 Å². The molecule has 6 heteroatoms. The summed E-state index contributed by atoms with van der Waals surface area (Å²) in [5.74, 6) is 0.886. The van der Waals surface area contributed by atoms with Crippen molar-refractivity contribution in [3.8, 4) is 0 Å². The summed E-state index contributed by atoms with van der Waals surface area (Å²) in [6.45, 7) is 11.5. The van der Waals surface area contributed by atoms with Crippen molar-refractivity contribution in [1.82, 2.24) is 0 Å². The molecule has 0 aliphatic rings. The fraction of sp³-hybridized carbons (Fsp3) is 0.952. The summed E-state index contributed by atoms with van der Waals surface area (Å²) < 4.78 is 16.9. The van der Waals surface area contributed by atoms with Crippen LogP contribution < -0.4 is 0 Å². The van der Waals surface area contributed by atoms with Gasteiger partial charge in [0.2, 0.25) is 0 Å². The molecule has 0 heterocycles. The molecule has 0 aliphatic heterocycles. The SMILES string of the molecule is CCCCCCCCCCCCCCCCCCCC(=O)OC[C@@H](COC(=O)CCCCCCCCCCCCC(C)CC)OC(=O)CCCCCCCCCCCCCCCCCCC(C)C. The van der Waals surface area contributed by atoms with Crippen molar-refractivity contribution in [3.05, 3.63) is 0 Å². The monoisotopic (exact) mass is 961 g/mol. The maximum absolute atomic E-state index is 12.9. The van der Waals surface area contributed by atoms with Crippen molar-refractivity contribution in [2.45, 2.75) is 355 Å². The molecule has 0 aromatic carbocycles. The van der Waals surface area contributed by atoms with Crippen molar-refractivity contribution < 1.29 is 28.6 Å². The summed E-state index contributed by atoms with van der Waals surface area (Å²) in [6.07, 6.45) is 59.5. The molecule has 0 saturated carbocycles. The molecule has 0 rings (SSSR count). The van der Waals surface area contributed by atoms with E-state index in [1.54, 1.807) is 0 Å². The van der Waals surface area contributed by atoms with Crippen LogP contribution in [0.3, 0.4) is 0 Å². The Morgan fingerprint density at radius 3 is 0.838 bits per heavy atom. The Morgan fingerprint density at radius 1 is 0.309 bits per heavy atom. The quantitative estimate of drug-likeness (QED) is 0.0343. The first-order chi connectivity index (χ1) is 33.3. The Hall–Kier alpha value is -1.59. The third-order valence-corrected chi connectivity index (χ3v) is 14.6. The van der Waals surface area contributed by atoms with Gasteiger partial charge in [-0.3, -0.25) is 14.4 Å². The van der Waals surface area contributed by atoms with Crippen LogP contribution in [0.4, 0.5) is 0 Å². The topological polar surface area (TPSA) is 78.9 Å². The van der Waals surface area contributed by atoms with E-state index in [1.165, 1.54) is 238 Å². The lowest BCUT2D eigenvalue weighted by Gasteiger charge is -2.18. The van der Waals surface area contributed by atoms with Crippen molar-refractivity contribution >= 4 is 17.9 Å². The minimum Gasteiger partial charge on any atom is -0.462 e. The Morgan fingerprint density at radius 2 is 0.559 bits per heavy atom. The molecule has 0 N–H and O–H groups in total. The first kappa shape index (κ1) is 66.4. The van der Waals surface area contributed by atoms with Crippen molar-refractivity contribution in [3.63, 3.8) is 0 Å². The normalized spacial score (nSPS) is 12.4. The predicted octanol–water partition coefficient (Wildman–Crippen LogP) is 20.4. The number of ether oxygens (including phenoxy) is 3. The van der Waals surface area contributed by atoms with Gasteiger partial charge in [-0.05, 0) is 31.1 Å². The molecule has 404 valence electrons. The minimum atomic E-state index is -0.763. The number of hydrogen-bond donors (Lipinski definition) is 0. The van der Waals surface area contributed by atoms with E-state index in [0.717, 1.165) is 69.6 Å². The van der Waals surface area contributed by atoms with E-state index in [0.29, 0.717) is 19.3 Å². The third-order valence-electron chi connectivity index (χ3n) is 14.6. The van der Waals surface area contributed by atoms with Gasteiger partial charge in [-0.2, -0.15) is 0 Å². The standard InChI is InChI=1S/C62H120O6/c1-6-8-9-10-11-12-13-14-15-16-20-23-26-32-37-42-47-52-60(63)66-55-59(56-67-61(64)53-48-43-38-33-29-28-31-36-41-46-51-58(5)7-2)68-62(65)54-49-44-39-34-27-24-21-18-17-19-22-25-30-35-40-45-50-57(3)4/h57-59H,6-56H2,1-5H3/t58?,59-/m0/s1. The minimum absolute atomic E-state index is 0.0623. The highest BCUT2D eigenvalue weighted by molar-refractivity contribution is 5.71. The van der Waals surface area contributed by atoms with E-state index in [9.17, 15) is 14.4 Å². The molecule has 0 amide bonds. The average Bonchev–Trinajstić information content (AvgIpc) is 3.32. The molecule has 0 aromatic rings. The molecule has 0 saturated heterocycles. The Kier molecular flexibility index (Phi) is 53.5. The van der Waals surface area contributed by atoms with Gasteiger partial charge in [0.05, 0.1) is 0 Å². The highest BCUT2D eigenvalue weighted by Gasteiger charge is 2.19. The molecule has 0 fully saturated rings. The fourth-order valence-electron chi connectivity index (χ4n) is 9.55. The van der Waals surface area contributed by atoms with Gasteiger partial charge < -0.3 is 14.2 Å². The maximum Gasteiger partial charge on any atom is 0.306 e. The number of carbonyl (C=O) groups excluding carboxylic acids is 3. The Bertz CT molecular complexity index is 1040. The lowest BCUT2D eigenvalue weighted by molar-refractivity contribution is -0.167. The highest BCUT2D eigenvalue weighted by Crippen LogP contribution is 2.19. The lowest BCUT2D eigenvalue weighted by atomic mass is 9.99. The van der Waals surface area contributed by atoms with Gasteiger partial charge in [0.25, 0.3) is 0 Å². The van der Waals surface area contributed by atoms with Crippen molar-refractivity contribution in [2.24, 2.45) is 11.8 Å². The fourth-order valence-corrected chi connectivity index (χ4v) is 9.55. The zero-order chi connectivity index (χ0) is 49.6. The summed E-state index contributed by atoms with van der Waals surface area (Å²) in [7, 11) is 0. The largest absolute Gasteiger partial charge is 0.462 e. The van der Waals surface area contributed by atoms with Crippen molar-refractivity contribution in [2.75, 3.05) is 13.2 Å². The van der Waals surface area contributed by atoms with Crippen LogP contribution in [-0.4, -0.2) is 37.2 Å². The second kappa shape index (κ2) is 54.7. The van der Waals surface area contributed by atoms with Crippen molar-refractivity contribution in [1.29, 1.82) is 0 Å². The summed E-state index contributed by atoms with van der Waals surface area (Å²) in [5.41, 5.74) is 0. The summed E-state index contributed by atoms with van der Waals surface area (Å²) in [6, 6.07) is 0.